The Morgan fingerprint density at radius 1 is 0.957 bits per heavy atom. The van der Waals surface area contributed by atoms with Crippen LogP contribution in [0.3, 0.4) is 0 Å². The average molecular weight is 823 g/mol. The van der Waals surface area contributed by atoms with Gasteiger partial charge >= 0.3 is 0 Å². The Morgan fingerprint density at radius 2 is 1.77 bits per heavy atom. The molecule has 2 aromatic carbocycles. The summed E-state index contributed by atoms with van der Waals surface area (Å²) >= 11 is 0. The van der Waals surface area contributed by atoms with Crippen molar-refractivity contribution in [2.45, 2.75) is 78.8 Å². The summed E-state index contributed by atoms with van der Waals surface area (Å²) in [4.78, 5) is 13.2. The maximum atomic E-state index is 8.67. The molecule has 0 bridgehead atoms. The molecule has 4 nitrogen and oxygen atoms in total. The summed E-state index contributed by atoms with van der Waals surface area (Å²) in [6.45, 7) is 8.27. The van der Waals surface area contributed by atoms with Gasteiger partial charge in [-0.2, -0.15) is 0 Å². The van der Waals surface area contributed by atoms with Crippen LogP contribution in [0.15, 0.2) is 83.5 Å². The first-order valence-electron chi connectivity index (χ1n) is 19.6. The maximum absolute atomic E-state index is 8.67. The van der Waals surface area contributed by atoms with Crippen LogP contribution in [0.4, 0.5) is 0 Å². The minimum atomic E-state index is -2.30. The Bertz CT molecular complexity index is 2230. The molecule has 0 amide bonds. The molecule has 0 unspecified atom stereocenters. The molecule has 6 heteroatoms. The second-order valence-corrected chi connectivity index (χ2v) is 18.3. The van der Waals surface area contributed by atoms with Crippen LogP contribution in [-0.2, 0) is 32.9 Å². The zero-order chi connectivity index (χ0) is 38.3. The molecule has 0 spiro atoms. The van der Waals surface area contributed by atoms with Gasteiger partial charge in [-0.3, -0.25) is 0 Å². The van der Waals surface area contributed by atoms with E-state index in [-0.39, 0.29) is 43.3 Å². The fourth-order valence-electron chi connectivity index (χ4n) is 5.91. The minimum absolute atomic E-state index is 0. The van der Waals surface area contributed by atoms with E-state index in [1.54, 1.807) is 24.4 Å². The van der Waals surface area contributed by atoms with E-state index >= 15 is 0 Å². The quantitative estimate of drug-likeness (QED) is 0.119. The van der Waals surface area contributed by atoms with Gasteiger partial charge in [-0.05, 0) is 66.2 Å². The number of hydrogen-bond donors (Lipinski definition) is 0. The number of benzene rings is 2. The van der Waals surface area contributed by atoms with Crippen molar-refractivity contribution < 1.29 is 34.1 Å². The summed E-state index contributed by atoms with van der Waals surface area (Å²) in [5.41, 5.74) is 5.32. The number of aromatic nitrogens is 3. The molecule has 1 saturated carbocycles. The third kappa shape index (κ3) is 8.54. The van der Waals surface area contributed by atoms with Crippen LogP contribution in [0.5, 0.6) is 0 Å². The number of pyridine rings is 3. The summed E-state index contributed by atoms with van der Waals surface area (Å²) in [6, 6.07) is 26.3. The van der Waals surface area contributed by atoms with Crippen molar-refractivity contribution in [3.8, 4) is 22.5 Å². The van der Waals surface area contributed by atoms with Gasteiger partial charge in [-0.15, -0.1) is 59.7 Å². The molecule has 47 heavy (non-hydrogen) atoms. The molecule has 1 fully saturated rings. The van der Waals surface area contributed by atoms with Crippen molar-refractivity contribution in [1.82, 2.24) is 15.0 Å². The van der Waals surface area contributed by atoms with Gasteiger partial charge in [0.2, 0.25) is 5.71 Å². The molecule has 4 heterocycles. The van der Waals surface area contributed by atoms with Gasteiger partial charge in [-0.25, -0.2) is 4.98 Å². The second-order valence-electron chi connectivity index (χ2n) is 13.3. The normalized spacial score (nSPS) is 16.6. The van der Waals surface area contributed by atoms with Crippen molar-refractivity contribution >= 4 is 35.3 Å². The van der Waals surface area contributed by atoms with Crippen molar-refractivity contribution in [3.63, 3.8) is 0 Å². The van der Waals surface area contributed by atoms with E-state index in [0.717, 1.165) is 64.0 Å². The van der Waals surface area contributed by atoms with Gasteiger partial charge in [0.25, 0.3) is 0 Å². The molecule has 245 valence electrons. The predicted octanol–water partition coefficient (Wildman–Crippen LogP) is 10.2. The third-order valence-electron chi connectivity index (χ3n) is 8.17. The van der Waals surface area contributed by atoms with Gasteiger partial charge in [0, 0.05) is 53.2 Å². The summed E-state index contributed by atoms with van der Waals surface area (Å²) in [5.74, 6) is -0.0527. The first-order chi connectivity index (χ1) is 24.9. The standard InChI is InChI=1S/C23H21N2O.C18H24NSi.Ir/c1-15-6-8-19-20-14-18(7-9-22(20)26-23(19)25-15)21-13-17(10-11-24-21)12-16-4-2-3-5-16;1-14(2)11-16-12-17(15-9-7-6-8-10-15)19-13-18(16)20(3,4)5;/h6,8-11,13-14,16H,2-5,12H2,1H3;6-9,12-14H,11H2,1-5H3;/q2*-1;/i1D3,12D2;11D2;. The number of aryl methyl sites for hydroxylation is 1. The van der Waals surface area contributed by atoms with Crippen molar-refractivity contribution in [3.05, 3.63) is 108 Å². The summed E-state index contributed by atoms with van der Waals surface area (Å²) < 4.78 is 62.8. The van der Waals surface area contributed by atoms with E-state index < -0.39 is 27.7 Å². The van der Waals surface area contributed by atoms with Gasteiger partial charge in [0.15, 0.2) is 0 Å². The van der Waals surface area contributed by atoms with E-state index in [4.69, 9.17) is 14.0 Å². The van der Waals surface area contributed by atoms with Crippen LogP contribution in [0, 0.1) is 30.8 Å². The molecule has 1 radical (unpaired) electrons. The van der Waals surface area contributed by atoms with Gasteiger partial charge in [0.1, 0.15) is 0 Å². The first-order valence-corrected chi connectivity index (χ1v) is 19.6. The monoisotopic (exact) mass is 823 g/mol. The Kier molecular flexibility index (Phi) is 8.57. The molecule has 0 aliphatic heterocycles. The van der Waals surface area contributed by atoms with Crippen molar-refractivity contribution in [2.24, 2.45) is 11.8 Å². The number of hydrogen-bond acceptors (Lipinski definition) is 4. The summed E-state index contributed by atoms with van der Waals surface area (Å²) in [5, 5.41) is 2.61. The van der Waals surface area contributed by atoms with Gasteiger partial charge in [-0.1, -0.05) is 87.8 Å². The summed E-state index contributed by atoms with van der Waals surface area (Å²) in [6.07, 6.45) is 4.77. The van der Waals surface area contributed by atoms with E-state index in [1.165, 1.54) is 6.07 Å². The molecule has 7 rings (SSSR count). The fourth-order valence-corrected chi connectivity index (χ4v) is 7.31. The second kappa shape index (κ2) is 15.2. The average Bonchev–Trinajstić information content (AvgIpc) is 3.80. The Morgan fingerprint density at radius 3 is 2.49 bits per heavy atom. The first kappa shape index (κ1) is 26.5. The number of nitrogens with zero attached hydrogens (tertiary/aromatic N) is 3. The predicted molar refractivity (Wildman–Crippen MR) is 194 cm³/mol. The van der Waals surface area contributed by atoms with Crippen molar-refractivity contribution in [2.75, 3.05) is 0 Å². The minimum Gasteiger partial charge on any atom is -0.486 e. The number of furan rings is 1. The Hall–Kier alpha value is -3.44. The fraction of sp³-hybridized carbons (Fsp3) is 0.341. The largest absolute Gasteiger partial charge is 0.486 e. The number of fused-ring (bicyclic) bond motifs is 3. The van der Waals surface area contributed by atoms with Crippen LogP contribution in [0.25, 0.3) is 44.6 Å². The van der Waals surface area contributed by atoms with Crippen LogP contribution >= 0.6 is 0 Å². The molecule has 4 aromatic heterocycles. The maximum Gasteiger partial charge on any atom is 0.216 e. The van der Waals surface area contributed by atoms with E-state index in [1.807, 2.05) is 62.5 Å². The molecule has 0 atom stereocenters. The molecule has 0 saturated heterocycles. The summed E-state index contributed by atoms with van der Waals surface area (Å²) in [7, 11) is -1.67. The Balaban J connectivity index is 0.000000217. The zero-order valence-corrected chi connectivity index (χ0v) is 31.0. The number of rotatable bonds is 7. The SMILES string of the molecule is [2H]C([2H])([2H])c1ccc2c(n1)oc1c[c-]c(-c3cc(C([2H])([2H])C4CCCC4)ccn3)cc12.[2H]C([2H])(c1cc(-c2[c-]cccc2)ncc1[Si](C)(C)C)C(C)C.[Ir]. The van der Waals surface area contributed by atoms with E-state index in [0.29, 0.717) is 16.8 Å². The van der Waals surface area contributed by atoms with Crippen LogP contribution in [0.2, 0.25) is 19.6 Å². The van der Waals surface area contributed by atoms with E-state index in [9.17, 15) is 0 Å². The van der Waals surface area contributed by atoms with Crippen LogP contribution in [0.1, 0.15) is 65.9 Å². The molecule has 0 N–H and O–H groups in total. The topological polar surface area (TPSA) is 51.8 Å². The van der Waals surface area contributed by atoms with Crippen LogP contribution in [-0.4, -0.2) is 23.0 Å². The van der Waals surface area contributed by atoms with Gasteiger partial charge < -0.3 is 14.4 Å². The molecular weight excluding hydrogens is 771 g/mol. The van der Waals surface area contributed by atoms with Crippen LogP contribution < -0.4 is 5.19 Å². The van der Waals surface area contributed by atoms with Gasteiger partial charge in [0.05, 0.1) is 13.7 Å². The molecular formula is C41H45IrN3OSi-2. The molecule has 6 aromatic rings. The molecule has 1 aliphatic rings. The smallest absolute Gasteiger partial charge is 0.216 e. The Labute approximate surface area is 304 Å². The van der Waals surface area contributed by atoms with E-state index in [2.05, 4.69) is 46.7 Å². The molecule has 1 aliphatic carbocycles. The zero-order valence-electron chi connectivity index (χ0n) is 34.6. The third-order valence-corrected chi connectivity index (χ3v) is 10.2. The van der Waals surface area contributed by atoms with Crippen molar-refractivity contribution in [1.29, 1.82) is 0 Å².